The normalized spacial score (nSPS) is 21.5. The number of rotatable bonds is 30. The average molecular weight is 1100 g/mol. The van der Waals surface area contributed by atoms with Crippen LogP contribution in [0.15, 0.2) is 60.9 Å². The van der Waals surface area contributed by atoms with Crippen LogP contribution in [0, 0.1) is 6.07 Å². The Morgan fingerprint density at radius 1 is 0.846 bits per heavy atom. The molecule has 0 aliphatic carbocycles. The molecule has 6 atom stereocenters. The Kier molecular flexibility index (Phi) is 21.7. The smallest absolute Gasteiger partial charge is 0.449 e. The second-order valence-electron chi connectivity index (χ2n) is 18.2. The summed E-state index contributed by atoms with van der Waals surface area (Å²) < 4.78 is 61.1. The van der Waals surface area contributed by atoms with E-state index in [1.807, 2.05) is 45.0 Å². The minimum atomic E-state index is -4.40. The van der Waals surface area contributed by atoms with Gasteiger partial charge in [0, 0.05) is 32.5 Å². The number of phosphoric ester groups is 1. The van der Waals surface area contributed by atoms with E-state index in [0.29, 0.717) is 29.1 Å². The first-order valence-corrected chi connectivity index (χ1v) is 25.5. The number of aromatic nitrogens is 3. The number of nitrogen functional groups attached to an aromatic ring is 2. The van der Waals surface area contributed by atoms with Crippen molar-refractivity contribution in [3.05, 3.63) is 83.3 Å². The van der Waals surface area contributed by atoms with E-state index in [0.717, 1.165) is 24.8 Å². The largest absolute Gasteiger partial charge is 0.530 e. The fourth-order valence-electron chi connectivity index (χ4n) is 8.70. The van der Waals surface area contributed by atoms with Gasteiger partial charge in [0.1, 0.15) is 41.5 Å². The van der Waals surface area contributed by atoms with E-state index in [9.17, 15) is 4.57 Å². The number of hydrogen-bond acceptors (Lipinski definition) is 12. The number of para-hydroxylation sites is 1. The summed E-state index contributed by atoms with van der Waals surface area (Å²) in [5.74, 6) is -0.453. The molecule has 2 aliphatic rings. The van der Waals surface area contributed by atoms with Gasteiger partial charge in [-0.1, -0.05) is 145 Å². The van der Waals surface area contributed by atoms with E-state index < -0.39 is 43.6 Å². The molecule has 2 saturated heterocycles. The Morgan fingerprint density at radius 3 is 2.14 bits per heavy atom. The van der Waals surface area contributed by atoms with Crippen molar-refractivity contribution in [2.24, 2.45) is 0 Å². The molecule has 16 heteroatoms. The maximum absolute atomic E-state index is 14.9. The van der Waals surface area contributed by atoms with Gasteiger partial charge in [-0.05, 0) is 51.5 Å². The quantitative estimate of drug-likeness (QED) is 0.0167. The van der Waals surface area contributed by atoms with Crippen LogP contribution in [0.25, 0.3) is 5.52 Å². The number of ether oxygens (including phenoxy) is 4. The summed E-state index contributed by atoms with van der Waals surface area (Å²) in [4.78, 5) is 4.12. The zero-order chi connectivity index (χ0) is 45.4. The predicted molar refractivity (Wildman–Crippen MR) is 252 cm³/mol. The molecule has 4 aromatic rings. The number of benzene rings is 2. The molecule has 0 saturated carbocycles. The Bertz CT molecular complexity index is 2080. The van der Waals surface area contributed by atoms with E-state index in [-0.39, 0.29) is 56.4 Å². The van der Waals surface area contributed by atoms with E-state index in [2.05, 4.69) is 23.1 Å². The number of fused-ring (bicyclic) bond motifs is 2. The Morgan fingerprint density at radius 2 is 1.49 bits per heavy atom. The summed E-state index contributed by atoms with van der Waals surface area (Å²) in [5.41, 5.74) is 13.8. The van der Waals surface area contributed by atoms with Gasteiger partial charge in [-0.3, -0.25) is 9.05 Å². The molecule has 6 rings (SSSR count). The molecular weight excluding hydrogens is 1030 g/mol. The van der Waals surface area contributed by atoms with E-state index in [1.54, 1.807) is 34.8 Å². The molecule has 0 amide bonds. The van der Waals surface area contributed by atoms with Crippen molar-refractivity contribution < 1.29 is 62.9 Å². The zero-order valence-electron chi connectivity index (χ0n) is 39.0. The molecule has 2 aromatic carbocycles. The minimum Gasteiger partial charge on any atom is -0.449 e. The van der Waals surface area contributed by atoms with Crippen molar-refractivity contribution in [1.29, 1.82) is 0 Å². The molecule has 65 heavy (non-hydrogen) atoms. The third-order valence-electron chi connectivity index (χ3n) is 12.2. The average Bonchev–Trinajstić information content (AvgIpc) is 3.93. The number of hydrogen-bond donors (Lipinski definition) is 2. The molecule has 0 spiro atoms. The second kappa shape index (κ2) is 26.4. The summed E-state index contributed by atoms with van der Waals surface area (Å²) in [7, 11) is -4.40. The maximum atomic E-state index is 14.9. The first-order valence-electron chi connectivity index (χ1n) is 23.7. The first-order chi connectivity index (χ1) is 30.9. The van der Waals surface area contributed by atoms with E-state index in [1.165, 1.54) is 96.2 Å². The van der Waals surface area contributed by atoms with Crippen LogP contribution in [-0.4, -0.2) is 57.5 Å². The van der Waals surface area contributed by atoms with Gasteiger partial charge in [0.2, 0.25) is 0 Å². The van der Waals surface area contributed by atoms with Crippen molar-refractivity contribution in [3.63, 3.8) is 0 Å². The van der Waals surface area contributed by atoms with Gasteiger partial charge in [-0.15, -0.1) is 11.6 Å². The maximum Gasteiger partial charge on any atom is 0.530 e. The van der Waals surface area contributed by atoms with Crippen LogP contribution in [0.3, 0.4) is 0 Å². The van der Waals surface area contributed by atoms with Crippen LogP contribution >= 0.6 is 19.4 Å². The van der Waals surface area contributed by atoms with E-state index >= 15 is 0 Å². The van der Waals surface area contributed by atoms with Crippen LogP contribution < -0.4 is 16.0 Å². The van der Waals surface area contributed by atoms with Gasteiger partial charge in [0.05, 0.1) is 30.0 Å². The molecule has 13 nitrogen and oxygen atoms in total. The Balaban J connectivity index is 0.00000793. The van der Waals surface area contributed by atoms with Crippen LogP contribution in [-0.2, 0) is 65.0 Å². The molecule has 2 aromatic heterocycles. The number of anilines is 2. The molecule has 2 fully saturated rings. The minimum absolute atomic E-state index is 0. The third-order valence-corrected chi connectivity index (χ3v) is 13.8. The van der Waals surface area contributed by atoms with Gasteiger partial charge in [-0.25, -0.2) is 14.1 Å². The molecule has 4 heterocycles. The van der Waals surface area contributed by atoms with Gasteiger partial charge < -0.3 is 34.9 Å². The Hall–Kier alpha value is -2.39. The van der Waals surface area contributed by atoms with Crippen molar-refractivity contribution >= 4 is 36.4 Å². The molecule has 0 bridgehead atoms. The topological polar surface area (TPSA) is 164 Å². The summed E-state index contributed by atoms with van der Waals surface area (Å²) >= 11 is 6.52. The molecule has 4 N–H and O–H groups in total. The van der Waals surface area contributed by atoms with Crippen LogP contribution in [0.5, 0.6) is 5.75 Å². The number of nitrogens with zero attached hydrogens (tertiary/aromatic N) is 3. The SMILES string of the molecule is CCCCCCCCCCCCCCCCCCC[C@H](COP(=O)(OC[C@@]1(C)O[C@@H](c2ccc3c(N)ncnn23)[C@@H]2OC(C)(C)O[C@@H]21)Oc1ccccc1Cl)OCc1c[c-]cc(N)c1.[Hf]. The summed E-state index contributed by atoms with van der Waals surface area (Å²) in [5, 5.41) is 4.68. The van der Waals surface area contributed by atoms with Crippen LogP contribution in [0.2, 0.25) is 5.02 Å². The third kappa shape index (κ3) is 16.1. The van der Waals surface area contributed by atoms with E-state index in [4.69, 9.17) is 55.6 Å². The van der Waals surface area contributed by atoms with Crippen molar-refractivity contribution in [2.45, 2.75) is 186 Å². The van der Waals surface area contributed by atoms with Gasteiger partial charge in [0.25, 0.3) is 0 Å². The van der Waals surface area contributed by atoms with Crippen molar-refractivity contribution in [1.82, 2.24) is 14.6 Å². The summed E-state index contributed by atoms with van der Waals surface area (Å²) in [6.07, 6.45) is 21.8. The molecule has 2 aliphatic heterocycles. The molecule has 0 radical (unpaired) electrons. The van der Waals surface area contributed by atoms with Crippen LogP contribution in [0.4, 0.5) is 11.5 Å². The first kappa shape index (κ1) is 53.6. The fraction of sp³-hybridized carbons (Fsp3) is 0.633. The van der Waals surface area contributed by atoms with Gasteiger partial charge in [-0.2, -0.15) is 23.3 Å². The number of unbranched alkanes of at least 4 members (excludes halogenated alkanes) is 16. The number of nitrogens with two attached hydrogens (primary N) is 2. The monoisotopic (exact) mass is 1100 g/mol. The van der Waals surface area contributed by atoms with Crippen LogP contribution in [0.1, 0.15) is 161 Å². The second-order valence-corrected chi connectivity index (χ2v) is 20.2. The fourth-order valence-corrected chi connectivity index (χ4v) is 10.3. The van der Waals surface area contributed by atoms with Gasteiger partial charge >= 0.3 is 7.82 Å². The number of phosphoric acid groups is 1. The number of halogens is 1. The standard InChI is InChI=1S/C49H72ClN5O8P.Hf/c1-5-6-7-8-9-10-11-12-13-14-15-16-17-18-19-20-21-27-39(57-33-37-25-24-26-38(51)32-37)34-58-64(56,63-43-29-23-22-28-40(43)50)59-35-49(4)46-45(60-48(2,3)62-46)44(61-49)41-30-31-42-47(52)53-36-54-55(41)42;/h22-23,25-26,28-32,36,39,44-46H,5-21,27,33-35,51H2,1-4H3,(H2,52,53,54);/q-1;/t39-,44+,45+,46+,49-,64?;/m1./s1. The van der Waals surface area contributed by atoms with Gasteiger partial charge in [0.15, 0.2) is 11.6 Å². The van der Waals surface area contributed by atoms with Crippen molar-refractivity contribution in [2.75, 3.05) is 24.7 Å². The summed E-state index contributed by atoms with van der Waals surface area (Å²) in [6.45, 7) is 7.77. The molecule has 1 unspecified atom stereocenters. The van der Waals surface area contributed by atoms with Crippen molar-refractivity contribution in [3.8, 4) is 5.75 Å². The predicted octanol–water partition coefficient (Wildman–Crippen LogP) is 12.5. The molecular formula is C49H72ClHfN5O8P-. The summed E-state index contributed by atoms with van der Waals surface area (Å²) in [6, 6.07) is 18.9. The zero-order valence-corrected chi connectivity index (χ0v) is 44.3. The molecule has 358 valence electrons. The Labute approximate surface area is 411 Å².